The van der Waals surface area contributed by atoms with Crippen LogP contribution in [0.2, 0.25) is 0 Å². The highest BCUT2D eigenvalue weighted by atomic mass is 19.1. The lowest BCUT2D eigenvalue weighted by atomic mass is 9.95. The van der Waals surface area contributed by atoms with Gasteiger partial charge in [0.15, 0.2) is 0 Å². The van der Waals surface area contributed by atoms with E-state index in [-0.39, 0.29) is 17.9 Å². The fraction of sp³-hybridized carbons (Fsp3) is 0.533. The molecular weight excluding hydrogens is 262 g/mol. The number of halogens is 2. The maximum atomic E-state index is 13.8. The zero-order valence-electron chi connectivity index (χ0n) is 12.1. The minimum atomic E-state index is -0.642. The molecule has 3 nitrogen and oxygen atoms in total. The number of nitrogens with one attached hydrogen (secondary N) is 1. The van der Waals surface area contributed by atoms with Crippen LogP contribution in [0.4, 0.5) is 8.78 Å². The highest BCUT2D eigenvalue weighted by molar-refractivity contribution is 5.76. The van der Waals surface area contributed by atoms with Gasteiger partial charge in [0.1, 0.15) is 11.6 Å². The predicted molar refractivity (Wildman–Crippen MR) is 75.0 cm³/mol. The minimum Gasteiger partial charge on any atom is -0.349 e. The fourth-order valence-electron chi connectivity index (χ4n) is 1.96. The molecule has 1 amide bonds. The van der Waals surface area contributed by atoms with Gasteiger partial charge in [0, 0.05) is 24.1 Å². The quantitative estimate of drug-likeness (QED) is 0.844. The van der Waals surface area contributed by atoms with Gasteiger partial charge in [-0.3, -0.25) is 4.79 Å². The first-order chi connectivity index (χ1) is 9.31. The lowest BCUT2D eigenvalue weighted by Gasteiger charge is -2.23. The van der Waals surface area contributed by atoms with Crippen molar-refractivity contribution >= 4 is 5.91 Å². The molecule has 112 valence electrons. The molecule has 0 aliphatic heterocycles. The van der Waals surface area contributed by atoms with Crippen molar-refractivity contribution in [2.24, 2.45) is 11.7 Å². The summed E-state index contributed by atoms with van der Waals surface area (Å²) < 4.78 is 26.8. The Morgan fingerprint density at radius 3 is 2.45 bits per heavy atom. The van der Waals surface area contributed by atoms with Gasteiger partial charge in [-0.1, -0.05) is 19.9 Å². The van der Waals surface area contributed by atoms with Crippen LogP contribution in [0.15, 0.2) is 18.2 Å². The van der Waals surface area contributed by atoms with Crippen LogP contribution in [0.1, 0.15) is 45.2 Å². The lowest BCUT2D eigenvalue weighted by molar-refractivity contribution is -0.122. The van der Waals surface area contributed by atoms with Crippen LogP contribution >= 0.6 is 0 Å². The summed E-state index contributed by atoms with van der Waals surface area (Å²) in [6.07, 6.45) is 0.867. The molecule has 1 aromatic rings. The van der Waals surface area contributed by atoms with E-state index in [1.54, 1.807) is 0 Å². The van der Waals surface area contributed by atoms with E-state index in [9.17, 15) is 13.6 Å². The minimum absolute atomic E-state index is 0.00536. The largest absolute Gasteiger partial charge is 0.349 e. The topological polar surface area (TPSA) is 55.1 Å². The molecule has 0 saturated carbocycles. The number of rotatable bonds is 6. The average Bonchev–Trinajstić information content (AvgIpc) is 2.34. The second kappa shape index (κ2) is 7.33. The van der Waals surface area contributed by atoms with Crippen LogP contribution in [-0.2, 0) is 4.79 Å². The Hall–Kier alpha value is -1.49. The highest BCUT2D eigenvalue weighted by Gasteiger charge is 2.21. The van der Waals surface area contributed by atoms with Crippen LogP contribution in [0.3, 0.4) is 0 Å². The number of hydrogen-bond donors (Lipinski definition) is 2. The molecule has 0 fully saturated rings. The molecule has 1 aromatic carbocycles. The van der Waals surface area contributed by atoms with Crippen molar-refractivity contribution in [2.75, 3.05) is 0 Å². The van der Waals surface area contributed by atoms with Crippen LogP contribution < -0.4 is 11.1 Å². The molecule has 2 unspecified atom stereocenters. The van der Waals surface area contributed by atoms with E-state index < -0.39 is 17.7 Å². The van der Waals surface area contributed by atoms with Gasteiger partial charge in [-0.25, -0.2) is 8.78 Å². The summed E-state index contributed by atoms with van der Waals surface area (Å²) in [5.74, 6) is -1.45. The summed E-state index contributed by atoms with van der Waals surface area (Å²) in [6, 6.07) is 2.87. The van der Waals surface area contributed by atoms with Crippen LogP contribution in [0.25, 0.3) is 0 Å². The molecule has 2 atom stereocenters. The van der Waals surface area contributed by atoms with Gasteiger partial charge in [0.05, 0.1) is 6.04 Å². The number of amides is 1. The zero-order valence-corrected chi connectivity index (χ0v) is 12.1. The third-order valence-electron chi connectivity index (χ3n) is 3.11. The Morgan fingerprint density at radius 2 is 1.95 bits per heavy atom. The van der Waals surface area contributed by atoms with E-state index in [0.717, 1.165) is 6.07 Å². The Kier molecular flexibility index (Phi) is 6.07. The molecule has 20 heavy (non-hydrogen) atoms. The van der Waals surface area contributed by atoms with Crippen LogP contribution in [-0.4, -0.2) is 11.9 Å². The molecule has 0 spiro atoms. The van der Waals surface area contributed by atoms with Gasteiger partial charge >= 0.3 is 0 Å². The third-order valence-corrected chi connectivity index (χ3v) is 3.11. The van der Waals surface area contributed by atoms with Gasteiger partial charge in [0.2, 0.25) is 5.91 Å². The Labute approximate surface area is 118 Å². The van der Waals surface area contributed by atoms with Gasteiger partial charge in [-0.05, 0) is 25.3 Å². The lowest BCUT2D eigenvalue weighted by Crippen LogP contribution is -2.33. The number of carbonyl (C=O) groups excluding carboxylic acids is 1. The smallest absolute Gasteiger partial charge is 0.220 e. The van der Waals surface area contributed by atoms with Gasteiger partial charge in [-0.15, -0.1) is 0 Å². The molecule has 1 rings (SSSR count). The Morgan fingerprint density at radius 1 is 1.30 bits per heavy atom. The van der Waals surface area contributed by atoms with Crippen molar-refractivity contribution < 1.29 is 13.6 Å². The van der Waals surface area contributed by atoms with E-state index in [0.29, 0.717) is 18.4 Å². The first kappa shape index (κ1) is 16.6. The van der Waals surface area contributed by atoms with E-state index in [1.165, 1.54) is 12.1 Å². The summed E-state index contributed by atoms with van der Waals surface area (Å²) >= 11 is 0. The van der Waals surface area contributed by atoms with Crippen molar-refractivity contribution in [3.05, 3.63) is 35.4 Å². The van der Waals surface area contributed by atoms with E-state index in [1.807, 2.05) is 20.8 Å². The van der Waals surface area contributed by atoms with E-state index >= 15 is 0 Å². The van der Waals surface area contributed by atoms with Gasteiger partial charge in [-0.2, -0.15) is 0 Å². The molecule has 5 heteroatoms. The molecule has 0 bridgehead atoms. The molecule has 0 aliphatic rings. The van der Waals surface area contributed by atoms with Crippen molar-refractivity contribution in [1.29, 1.82) is 0 Å². The van der Waals surface area contributed by atoms with Gasteiger partial charge in [0.25, 0.3) is 0 Å². The number of hydrogen-bond acceptors (Lipinski definition) is 2. The van der Waals surface area contributed by atoms with Crippen molar-refractivity contribution in [2.45, 2.75) is 45.7 Å². The standard InChI is InChI=1S/C15H22F2N2O/c1-9(2)15(19-14(20)7-4-10(3)18)12-6-5-11(16)8-13(12)17/h5-6,8-10,15H,4,7,18H2,1-3H3,(H,19,20). The first-order valence-electron chi connectivity index (χ1n) is 6.81. The molecule has 3 N–H and O–H groups in total. The molecule has 0 saturated heterocycles. The van der Waals surface area contributed by atoms with Crippen LogP contribution in [0, 0.1) is 17.6 Å². The van der Waals surface area contributed by atoms with E-state index in [2.05, 4.69) is 5.32 Å². The van der Waals surface area contributed by atoms with Gasteiger partial charge < -0.3 is 11.1 Å². The van der Waals surface area contributed by atoms with E-state index in [4.69, 9.17) is 5.73 Å². The molecule has 0 heterocycles. The van der Waals surface area contributed by atoms with Crippen molar-refractivity contribution in [3.8, 4) is 0 Å². The maximum absolute atomic E-state index is 13.8. The predicted octanol–water partition coefficient (Wildman–Crippen LogP) is 2.91. The number of benzene rings is 1. The summed E-state index contributed by atoms with van der Waals surface area (Å²) in [7, 11) is 0. The first-order valence-corrected chi connectivity index (χ1v) is 6.81. The molecule has 0 aliphatic carbocycles. The summed E-state index contributed by atoms with van der Waals surface area (Å²) in [5, 5.41) is 2.79. The maximum Gasteiger partial charge on any atom is 0.220 e. The summed E-state index contributed by atoms with van der Waals surface area (Å²) in [5.41, 5.74) is 5.90. The second-order valence-corrected chi connectivity index (χ2v) is 5.47. The second-order valence-electron chi connectivity index (χ2n) is 5.47. The average molecular weight is 284 g/mol. The molecule has 0 radical (unpaired) electrons. The van der Waals surface area contributed by atoms with Crippen molar-refractivity contribution in [3.63, 3.8) is 0 Å². The molecular formula is C15H22F2N2O. The third kappa shape index (κ3) is 4.89. The normalized spacial score (nSPS) is 14.2. The molecule has 0 aromatic heterocycles. The number of carbonyl (C=O) groups is 1. The summed E-state index contributed by atoms with van der Waals surface area (Å²) in [6.45, 7) is 5.57. The Balaban J connectivity index is 2.81. The highest BCUT2D eigenvalue weighted by Crippen LogP contribution is 2.25. The monoisotopic (exact) mass is 284 g/mol. The fourth-order valence-corrected chi connectivity index (χ4v) is 1.96. The Bertz CT molecular complexity index is 461. The SMILES string of the molecule is CC(N)CCC(=O)NC(c1ccc(F)cc1F)C(C)C. The number of nitrogens with two attached hydrogens (primary N) is 1. The van der Waals surface area contributed by atoms with Crippen LogP contribution in [0.5, 0.6) is 0 Å². The van der Waals surface area contributed by atoms with Crippen molar-refractivity contribution in [1.82, 2.24) is 5.32 Å². The zero-order chi connectivity index (χ0) is 15.3. The summed E-state index contributed by atoms with van der Waals surface area (Å²) in [4.78, 5) is 11.9.